The summed E-state index contributed by atoms with van der Waals surface area (Å²) in [6.07, 6.45) is 1.46. The van der Waals surface area contributed by atoms with Gasteiger partial charge in [-0.15, -0.1) is 0 Å². The zero-order valence-electron chi connectivity index (χ0n) is 11.4. The van der Waals surface area contributed by atoms with Gasteiger partial charge in [-0.2, -0.15) is 0 Å². The van der Waals surface area contributed by atoms with E-state index in [1.54, 1.807) is 6.07 Å². The number of hydrogen-bond donors (Lipinski definition) is 2. The molecule has 1 atom stereocenters. The molecule has 0 aliphatic carbocycles. The average Bonchev–Trinajstić information content (AvgIpc) is 2.43. The third-order valence-corrected chi connectivity index (χ3v) is 3.80. The summed E-state index contributed by atoms with van der Waals surface area (Å²) in [6, 6.07) is 12.7. The first-order chi connectivity index (χ1) is 9.60. The standard InChI is InChI=1S/C16H18ClFN2/c1-11-4-2-3-5-12(11)8-15(20-19)9-13-6-7-14(18)10-16(13)17/h2-7,10,15,20H,8-9,19H2,1H3. The first-order valence-electron chi connectivity index (χ1n) is 6.54. The van der Waals surface area contributed by atoms with Gasteiger partial charge in [0.15, 0.2) is 0 Å². The molecule has 2 nitrogen and oxygen atoms in total. The van der Waals surface area contributed by atoms with E-state index in [1.807, 2.05) is 12.1 Å². The van der Waals surface area contributed by atoms with Gasteiger partial charge in [-0.3, -0.25) is 11.3 Å². The van der Waals surface area contributed by atoms with Crippen molar-refractivity contribution >= 4 is 11.6 Å². The van der Waals surface area contributed by atoms with Crippen molar-refractivity contribution in [3.8, 4) is 0 Å². The molecular formula is C16H18ClFN2. The lowest BCUT2D eigenvalue weighted by Gasteiger charge is -2.18. The monoisotopic (exact) mass is 292 g/mol. The van der Waals surface area contributed by atoms with Crippen LogP contribution in [0.15, 0.2) is 42.5 Å². The fourth-order valence-corrected chi connectivity index (χ4v) is 2.49. The largest absolute Gasteiger partial charge is 0.271 e. The summed E-state index contributed by atoms with van der Waals surface area (Å²) in [5.74, 6) is 5.31. The summed E-state index contributed by atoms with van der Waals surface area (Å²) in [4.78, 5) is 0. The van der Waals surface area contributed by atoms with E-state index in [0.717, 1.165) is 12.0 Å². The Morgan fingerprint density at radius 2 is 1.85 bits per heavy atom. The fraction of sp³-hybridized carbons (Fsp3) is 0.250. The maximum Gasteiger partial charge on any atom is 0.124 e. The lowest BCUT2D eigenvalue weighted by atomic mass is 9.97. The highest BCUT2D eigenvalue weighted by atomic mass is 35.5. The van der Waals surface area contributed by atoms with Gasteiger partial charge in [0.1, 0.15) is 5.82 Å². The van der Waals surface area contributed by atoms with Gasteiger partial charge in [0.25, 0.3) is 0 Å². The molecule has 1 unspecified atom stereocenters. The highest BCUT2D eigenvalue weighted by Crippen LogP contribution is 2.20. The zero-order valence-corrected chi connectivity index (χ0v) is 12.1. The van der Waals surface area contributed by atoms with Crippen LogP contribution in [0.2, 0.25) is 5.02 Å². The molecule has 2 aromatic carbocycles. The molecule has 106 valence electrons. The van der Waals surface area contributed by atoms with Crippen LogP contribution >= 0.6 is 11.6 Å². The predicted octanol–water partition coefficient (Wildman–Crippen LogP) is 3.40. The van der Waals surface area contributed by atoms with E-state index in [4.69, 9.17) is 17.4 Å². The molecule has 2 aromatic rings. The Morgan fingerprint density at radius 3 is 2.50 bits per heavy atom. The molecule has 0 amide bonds. The van der Waals surface area contributed by atoms with Crippen LogP contribution in [-0.2, 0) is 12.8 Å². The van der Waals surface area contributed by atoms with Gasteiger partial charge in [0, 0.05) is 11.1 Å². The van der Waals surface area contributed by atoms with Crippen molar-refractivity contribution in [1.29, 1.82) is 0 Å². The molecule has 0 aliphatic rings. The van der Waals surface area contributed by atoms with Crippen LogP contribution in [0.4, 0.5) is 4.39 Å². The lowest BCUT2D eigenvalue weighted by molar-refractivity contribution is 0.521. The molecule has 0 heterocycles. The highest BCUT2D eigenvalue weighted by Gasteiger charge is 2.12. The average molecular weight is 293 g/mol. The Balaban J connectivity index is 2.11. The van der Waals surface area contributed by atoms with E-state index < -0.39 is 0 Å². The van der Waals surface area contributed by atoms with Crippen LogP contribution in [0.25, 0.3) is 0 Å². The number of benzene rings is 2. The third-order valence-electron chi connectivity index (χ3n) is 3.44. The quantitative estimate of drug-likeness (QED) is 0.655. The van der Waals surface area contributed by atoms with Crippen LogP contribution in [0.1, 0.15) is 16.7 Å². The van der Waals surface area contributed by atoms with Crippen molar-refractivity contribution in [1.82, 2.24) is 5.43 Å². The third kappa shape index (κ3) is 3.79. The molecule has 0 saturated heterocycles. The summed E-state index contributed by atoms with van der Waals surface area (Å²) in [5.41, 5.74) is 6.19. The number of rotatable bonds is 5. The van der Waals surface area contributed by atoms with E-state index in [1.165, 1.54) is 23.3 Å². The van der Waals surface area contributed by atoms with E-state index in [2.05, 4.69) is 24.5 Å². The van der Waals surface area contributed by atoms with Crippen LogP contribution in [0, 0.1) is 12.7 Å². The number of hydrazine groups is 1. The van der Waals surface area contributed by atoms with Crippen molar-refractivity contribution in [3.63, 3.8) is 0 Å². The molecule has 2 rings (SSSR count). The van der Waals surface area contributed by atoms with E-state index in [9.17, 15) is 4.39 Å². The number of aryl methyl sites for hydroxylation is 1. The number of halogens is 2. The summed E-state index contributed by atoms with van der Waals surface area (Å²) < 4.78 is 13.0. The zero-order chi connectivity index (χ0) is 14.5. The SMILES string of the molecule is Cc1ccccc1CC(Cc1ccc(F)cc1Cl)NN. The summed E-state index contributed by atoms with van der Waals surface area (Å²) in [5, 5.41) is 0.440. The molecule has 0 bridgehead atoms. The van der Waals surface area contributed by atoms with Crippen molar-refractivity contribution in [2.45, 2.75) is 25.8 Å². The molecule has 0 spiro atoms. The van der Waals surface area contributed by atoms with Gasteiger partial charge in [-0.25, -0.2) is 4.39 Å². The smallest absolute Gasteiger partial charge is 0.124 e. The fourth-order valence-electron chi connectivity index (χ4n) is 2.25. The Labute approximate surface area is 123 Å². The van der Waals surface area contributed by atoms with E-state index in [-0.39, 0.29) is 11.9 Å². The van der Waals surface area contributed by atoms with Gasteiger partial charge >= 0.3 is 0 Å². The van der Waals surface area contributed by atoms with Crippen LogP contribution in [0.3, 0.4) is 0 Å². The van der Waals surface area contributed by atoms with Gasteiger partial charge in [0.2, 0.25) is 0 Å². The Bertz CT molecular complexity index is 586. The second-order valence-electron chi connectivity index (χ2n) is 4.93. The topological polar surface area (TPSA) is 38.0 Å². The maximum absolute atomic E-state index is 13.0. The molecule has 0 saturated carbocycles. The predicted molar refractivity (Wildman–Crippen MR) is 81.1 cm³/mol. The normalized spacial score (nSPS) is 12.4. The molecule has 0 aromatic heterocycles. The second-order valence-corrected chi connectivity index (χ2v) is 5.34. The Hall–Kier alpha value is -1.42. The molecule has 0 radical (unpaired) electrons. The molecule has 3 N–H and O–H groups in total. The van der Waals surface area contributed by atoms with Crippen LogP contribution < -0.4 is 11.3 Å². The van der Waals surface area contributed by atoms with Crippen molar-refractivity contribution < 1.29 is 4.39 Å². The van der Waals surface area contributed by atoms with Gasteiger partial charge in [0.05, 0.1) is 0 Å². The lowest BCUT2D eigenvalue weighted by Crippen LogP contribution is -2.38. The summed E-state index contributed by atoms with van der Waals surface area (Å²) in [7, 11) is 0. The van der Waals surface area contributed by atoms with Gasteiger partial charge in [-0.05, 0) is 48.6 Å². The molecular weight excluding hydrogens is 275 g/mol. The molecule has 20 heavy (non-hydrogen) atoms. The molecule has 0 fully saturated rings. The van der Waals surface area contributed by atoms with E-state index >= 15 is 0 Å². The van der Waals surface area contributed by atoms with Crippen molar-refractivity contribution in [2.24, 2.45) is 5.84 Å². The van der Waals surface area contributed by atoms with Gasteiger partial charge < -0.3 is 0 Å². The Morgan fingerprint density at radius 1 is 1.15 bits per heavy atom. The second kappa shape index (κ2) is 6.84. The minimum atomic E-state index is -0.324. The van der Waals surface area contributed by atoms with Crippen molar-refractivity contribution in [3.05, 3.63) is 70.0 Å². The minimum absolute atomic E-state index is 0.0547. The van der Waals surface area contributed by atoms with Crippen LogP contribution in [0.5, 0.6) is 0 Å². The maximum atomic E-state index is 13.0. The molecule has 4 heteroatoms. The van der Waals surface area contributed by atoms with Crippen LogP contribution in [-0.4, -0.2) is 6.04 Å². The first kappa shape index (κ1) is 15.0. The first-order valence-corrected chi connectivity index (χ1v) is 6.92. The minimum Gasteiger partial charge on any atom is -0.271 e. The number of hydrogen-bond acceptors (Lipinski definition) is 2. The highest BCUT2D eigenvalue weighted by molar-refractivity contribution is 6.31. The van der Waals surface area contributed by atoms with Gasteiger partial charge in [-0.1, -0.05) is 41.9 Å². The Kier molecular flexibility index (Phi) is 5.12. The summed E-state index contributed by atoms with van der Waals surface area (Å²) >= 11 is 6.06. The molecule has 0 aliphatic heterocycles. The number of nitrogens with one attached hydrogen (secondary N) is 1. The van der Waals surface area contributed by atoms with Crippen molar-refractivity contribution in [2.75, 3.05) is 0 Å². The van der Waals surface area contributed by atoms with E-state index in [0.29, 0.717) is 11.4 Å². The number of nitrogens with two attached hydrogens (primary N) is 1. The summed E-state index contributed by atoms with van der Waals surface area (Å²) in [6.45, 7) is 2.08.